The fourth-order valence-corrected chi connectivity index (χ4v) is 9.99. The van der Waals surface area contributed by atoms with Gasteiger partial charge in [-0.1, -0.05) is 67.5 Å². The van der Waals surface area contributed by atoms with Gasteiger partial charge in [-0.15, -0.1) is 0 Å². The molecule has 2 aliphatic carbocycles. The number of nitrogens with zero attached hydrogens (tertiary/aromatic N) is 3. The standard InChI is InChI=1S/C42H42BN3O2/c1-39(2)23-41(5,6)30-17-25(9-11-28(30)39)46(26-10-12-29-31(18-26)42(7,8)24-40(29,3)4)27-19-34-38-35(20-27)48-37-22-45-16-14-33(37)43(38)32-13-15-44-21-36(32)47-34/h9-22H,23-24H2,1-8H3. The largest absolute Gasteiger partial charge is 0.457 e. The summed E-state index contributed by atoms with van der Waals surface area (Å²) in [6, 6.07) is 22.7. The molecule has 0 amide bonds. The van der Waals surface area contributed by atoms with Gasteiger partial charge in [-0.25, -0.2) is 0 Å². The zero-order chi connectivity index (χ0) is 33.4. The smallest absolute Gasteiger partial charge is 0.260 e. The first-order valence-electron chi connectivity index (χ1n) is 17.3. The Morgan fingerprint density at radius 2 is 0.958 bits per heavy atom. The first-order valence-corrected chi connectivity index (χ1v) is 17.3. The molecule has 0 atom stereocenters. The molecule has 0 saturated carbocycles. The van der Waals surface area contributed by atoms with Crippen molar-refractivity contribution in [3.63, 3.8) is 0 Å². The summed E-state index contributed by atoms with van der Waals surface area (Å²) in [6.07, 6.45) is 9.57. The van der Waals surface area contributed by atoms with Gasteiger partial charge in [0.25, 0.3) is 6.71 Å². The third-order valence-electron chi connectivity index (χ3n) is 11.5. The Morgan fingerprint density at radius 1 is 0.521 bits per heavy atom. The second-order valence-electron chi connectivity index (χ2n) is 17.0. The SMILES string of the molecule is CC1(C)CC(C)(C)c2cc(N(c3cc4c5c(c3)Oc3cnccc3B5c3ccncc3O4)c3ccc4c(c3)C(C)(C)CC4(C)C)ccc21. The number of pyridine rings is 2. The van der Waals surface area contributed by atoms with E-state index in [9.17, 15) is 0 Å². The third kappa shape index (κ3) is 4.17. The van der Waals surface area contributed by atoms with Gasteiger partial charge in [0.1, 0.15) is 23.0 Å². The summed E-state index contributed by atoms with van der Waals surface area (Å²) in [5.41, 5.74) is 12.6. The van der Waals surface area contributed by atoms with Gasteiger partial charge in [-0.3, -0.25) is 9.97 Å². The molecular weight excluding hydrogens is 589 g/mol. The maximum atomic E-state index is 6.69. The van der Waals surface area contributed by atoms with E-state index >= 15 is 0 Å². The van der Waals surface area contributed by atoms with Gasteiger partial charge in [0.15, 0.2) is 0 Å². The van der Waals surface area contributed by atoms with Crippen molar-refractivity contribution in [2.45, 2.75) is 89.9 Å². The van der Waals surface area contributed by atoms with Crippen molar-refractivity contribution < 1.29 is 9.47 Å². The van der Waals surface area contributed by atoms with Crippen molar-refractivity contribution >= 4 is 40.2 Å². The highest BCUT2D eigenvalue weighted by Gasteiger charge is 2.45. The third-order valence-corrected chi connectivity index (χ3v) is 11.5. The summed E-state index contributed by atoms with van der Waals surface area (Å²) in [4.78, 5) is 11.3. The average molecular weight is 632 g/mol. The normalized spacial score (nSPS) is 19.2. The molecule has 240 valence electrons. The summed E-state index contributed by atoms with van der Waals surface area (Å²) in [5.74, 6) is 3.14. The lowest BCUT2D eigenvalue weighted by Gasteiger charge is -2.35. The Balaban J connectivity index is 1.28. The van der Waals surface area contributed by atoms with E-state index < -0.39 is 0 Å². The molecule has 0 unspecified atom stereocenters. The highest BCUT2D eigenvalue weighted by molar-refractivity contribution is 6.98. The predicted octanol–water partition coefficient (Wildman–Crippen LogP) is 8.59. The molecule has 0 radical (unpaired) electrons. The highest BCUT2D eigenvalue weighted by Crippen LogP contribution is 2.54. The van der Waals surface area contributed by atoms with Gasteiger partial charge in [0.2, 0.25) is 0 Å². The van der Waals surface area contributed by atoms with Crippen molar-refractivity contribution in [2.75, 3.05) is 4.90 Å². The van der Waals surface area contributed by atoms with E-state index in [1.165, 1.54) is 22.3 Å². The fourth-order valence-electron chi connectivity index (χ4n) is 9.99. The number of rotatable bonds is 3. The average Bonchev–Trinajstić information content (AvgIpc) is 3.34. The van der Waals surface area contributed by atoms with Crippen LogP contribution in [0.5, 0.6) is 23.0 Å². The summed E-state index contributed by atoms with van der Waals surface area (Å²) < 4.78 is 13.4. The minimum absolute atomic E-state index is 0.0259. The minimum Gasteiger partial charge on any atom is -0.457 e. The van der Waals surface area contributed by atoms with Crippen LogP contribution in [0.4, 0.5) is 17.1 Å². The Hall–Kier alpha value is -4.58. The van der Waals surface area contributed by atoms with Crippen LogP contribution in [0.15, 0.2) is 85.5 Å². The molecule has 3 aromatic carbocycles. The highest BCUT2D eigenvalue weighted by atomic mass is 16.5. The van der Waals surface area contributed by atoms with Crippen LogP contribution in [-0.2, 0) is 21.7 Å². The molecule has 5 aromatic rings. The number of ether oxygens (including phenoxy) is 2. The molecular formula is C42H42BN3O2. The van der Waals surface area contributed by atoms with Crippen LogP contribution < -0.4 is 30.8 Å². The Kier molecular flexibility index (Phi) is 5.86. The van der Waals surface area contributed by atoms with Crippen LogP contribution in [0.1, 0.15) is 90.5 Å². The Labute approximate surface area is 284 Å². The minimum atomic E-state index is -0.0259. The number of fused-ring (bicyclic) bond motifs is 6. The maximum absolute atomic E-state index is 6.69. The summed E-state index contributed by atoms with van der Waals surface area (Å²) in [6.45, 7) is 19.0. The van der Waals surface area contributed by atoms with Gasteiger partial charge in [-0.05, 0) is 104 Å². The second kappa shape index (κ2) is 9.53. The van der Waals surface area contributed by atoms with Crippen molar-refractivity contribution in [1.29, 1.82) is 0 Å². The predicted molar refractivity (Wildman–Crippen MR) is 196 cm³/mol. The molecule has 9 rings (SSSR count). The molecule has 2 aliphatic heterocycles. The summed E-state index contributed by atoms with van der Waals surface area (Å²) in [5, 5.41) is 0. The van der Waals surface area contributed by atoms with E-state index in [2.05, 4.69) is 131 Å². The molecule has 0 fully saturated rings. The molecule has 4 heterocycles. The topological polar surface area (TPSA) is 47.5 Å². The molecule has 6 heteroatoms. The zero-order valence-corrected chi connectivity index (χ0v) is 29.2. The van der Waals surface area contributed by atoms with Crippen LogP contribution in [0.25, 0.3) is 0 Å². The number of hydrogen-bond donors (Lipinski definition) is 0. The van der Waals surface area contributed by atoms with Crippen LogP contribution >= 0.6 is 0 Å². The molecule has 0 N–H and O–H groups in total. The monoisotopic (exact) mass is 631 g/mol. The van der Waals surface area contributed by atoms with E-state index in [1.807, 2.05) is 24.8 Å². The van der Waals surface area contributed by atoms with Gasteiger partial charge in [0.05, 0.1) is 18.1 Å². The lowest BCUT2D eigenvalue weighted by atomic mass is 9.35. The first-order chi connectivity index (χ1) is 22.7. The van der Waals surface area contributed by atoms with Crippen LogP contribution in [0.3, 0.4) is 0 Å². The molecule has 48 heavy (non-hydrogen) atoms. The van der Waals surface area contributed by atoms with Gasteiger partial charge < -0.3 is 14.4 Å². The lowest BCUT2D eigenvalue weighted by molar-refractivity contribution is 0.403. The van der Waals surface area contributed by atoms with E-state index in [0.29, 0.717) is 0 Å². The number of hydrogen-bond acceptors (Lipinski definition) is 5. The molecule has 2 aromatic heterocycles. The van der Waals surface area contributed by atoms with Crippen LogP contribution in [0, 0.1) is 0 Å². The van der Waals surface area contributed by atoms with Gasteiger partial charge >= 0.3 is 0 Å². The first kappa shape index (κ1) is 29.6. The van der Waals surface area contributed by atoms with E-state index in [-0.39, 0.29) is 28.4 Å². The van der Waals surface area contributed by atoms with Crippen molar-refractivity contribution in [2.24, 2.45) is 0 Å². The van der Waals surface area contributed by atoms with Gasteiger partial charge in [0, 0.05) is 41.4 Å². The quantitative estimate of drug-likeness (QED) is 0.183. The lowest BCUT2D eigenvalue weighted by Crippen LogP contribution is -2.57. The molecule has 4 aliphatic rings. The number of anilines is 3. The summed E-state index contributed by atoms with van der Waals surface area (Å²) >= 11 is 0. The molecule has 0 bridgehead atoms. The van der Waals surface area contributed by atoms with E-state index in [4.69, 9.17) is 9.47 Å². The van der Waals surface area contributed by atoms with E-state index in [0.717, 1.165) is 69.3 Å². The van der Waals surface area contributed by atoms with E-state index in [1.54, 1.807) is 0 Å². The molecule has 5 nitrogen and oxygen atoms in total. The Morgan fingerprint density at radius 3 is 1.42 bits per heavy atom. The van der Waals surface area contributed by atoms with Gasteiger partial charge in [-0.2, -0.15) is 0 Å². The molecule has 0 spiro atoms. The van der Waals surface area contributed by atoms with Crippen LogP contribution in [-0.4, -0.2) is 16.7 Å². The number of benzene rings is 3. The maximum Gasteiger partial charge on any atom is 0.260 e. The fraction of sp³-hybridized carbons (Fsp3) is 0.333. The van der Waals surface area contributed by atoms with Crippen molar-refractivity contribution in [3.8, 4) is 23.0 Å². The van der Waals surface area contributed by atoms with Crippen molar-refractivity contribution in [1.82, 2.24) is 9.97 Å². The second-order valence-corrected chi connectivity index (χ2v) is 17.0. The molecule has 0 saturated heterocycles. The number of aromatic nitrogens is 2. The zero-order valence-electron chi connectivity index (χ0n) is 29.2. The summed E-state index contributed by atoms with van der Waals surface area (Å²) in [7, 11) is 0. The van der Waals surface area contributed by atoms with Crippen LogP contribution in [0.2, 0.25) is 0 Å². The van der Waals surface area contributed by atoms with Crippen molar-refractivity contribution in [3.05, 3.63) is 108 Å². The Bertz CT molecular complexity index is 2030.